The van der Waals surface area contributed by atoms with Gasteiger partial charge in [0, 0.05) is 38.3 Å². The molecule has 0 aliphatic carbocycles. The molecule has 1 unspecified atom stereocenters. The molecule has 0 aromatic heterocycles. The van der Waals surface area contributed by atoms with E-state index in [9.17, 15) is 14.4 Å². The van der Waals surface area contributed by atoms with Crippen molar-refractivity contribution in [1.29, 1.82) is 0 Å². The average Bonchev–Trinajstić information content (AvgIpc) is 3.19. The zero-order chi connectivity index (χ0) is 21.6. The minimum Gasteiger partial charge on any atom is -0.342 e. The van der Waals surface area contributed by atoms with Crippen LogP contribution in [0.25, 0.3) is 0 Å². The van der Waals surface area contributed by atoms with Crippen LogP contribution in [0.3, 0.4) is 0 Å². The predicted octanol–water partition coefficient (Wildman–Crippen LogP) is 3.23. The number of carbonyl (C=O) groups excluding carboxylic acids is 3. The molecule has 2 saturated heterocycles. The van der Waals surface area contributed by atoms with E-state index in [2.05, 4.69) is 5.32 Å². The van der Waals surface area contributed by atoms with E-state index in [1.165, 1.54) is 0 Å². The lowest BCUT2D eigenvalue weighted by Gasteiger charge is -2.32. The summed E-state index contributed by atoms with van der Waals surface area (Å²) in [5.74, 6) is 0.00165. The predicted molar refractivity (Wildman–Crippen MR) is 119 cm³/mol. The molecule has 31 heavy (non-hydrogen) atoms. The van der Waals surface area contributed by atoms with Gasteiger partial charge in [0.05, 0.1) is 12.3 Å². The SMILES string of the molecule is O=C(Nc1cccc(CN2CCCC2=O)c1)C1CCCN(C(=O)Cc2ccccc2)C1. The number of anilines is 1. The lowest BCUT2D eigenvalue weighted by molar-refractivity contribution is -0.134. The molecule has 2 aromatic rings. The molecule has 6 nitrogen and oxygen atoms in total. The lowest BCUT2D eigenvalue weighted by atomic mass is 9.96. The summed E-state index contributed by atoms with van der Waals surface area (Å²) in [6.07, 6.45) is 3.51. The number of rotatable bonds is 6. The highest BCUT2D eigenvalue weighted by atomic mass is 16.2. The first-order chi connectivity index (χ1) is 15.1. The first-order valence-corrected chi connectivity index (χ1v) is 11.1. The van der Waals surface area contributed by atoms with Gasteiger partial charge in [0.2, 0.25) is 17.7 Å². The van der Waals surface area contributed by atoms with E-state index < -0.39 is 0 Å². The van der Waals surface area contributed by atoms with E-state index in [0.29, 0.717) is 32.5 Å². The summed E-state index contributed by atoms with van der Waals surface area (Å²) in [5, 5.41) is 3.02. The number of hydrogen-bond acceptors (Lipinski definition) is 3. The molecule has 0 spiro atoms. The highest BCUT2D eigenvalue weighted by molar-refractivity contribution is 5.93. The van der Waals surface area contributed by atoms with Crippen molar-refractivity contribution in [3.63, 3.8) is 0 Å². The topological polar surface area (TPSA) is 69.7 Å². The first-order valence-electron chi connectivity index (χ1n) is 11.1. The molecule has 0 radical (unpaired) electrons. The van der Waals surface area contributed by atoms with Crippen molar-refractivity contribution in [2.45, 2.75) is 38.6 Å². The monoisotopic (exact) mass is 419 g/mol. The van der Waals surface area contributed by atoms with E-state index >= 15 is 0 Å². The molecule has 2 aromatic carbocycles. The van der Waals surface area contributed by atoms with Crippen LogP contribution in [0.15, 0.2) is 54.6 Å². The van der Waals surface area contributed by atoms with Gasteiger partial charge in [-0.05, 0) is 42.5 Å². The molecule has 4 rings (SSSR count). The van der Waals surface area contributed by atoms with E-state index in [1.807, 2.05) is 64.4 Å². The summed E-state index contributed by atoms with van der Waals surface area (Å²) in [4.78, 5) is 41.1. The third-order valence-electron chi connectivity index (χ3n) is 6.08. The van der Waals surface area contributed by atoms with E-state index in [0.717, 1.165) is 42.6 Å². The molecule has 1 atom stereocenters. The van der Waals surface area contributed by atoms with Gasteiger partial charge in [-0.1, -0.05) is 42.5 Å². The molecule has 2 aliphatic rings. The number of amides is 3. The number of benzene rings is 2. The van der Waals surface area contributed by atoms with Crippen molar-refractivity contribution in [2.75, 3.05) is 25.0 Å². The Hall–Kier alpha value is -3.15. The van der Waals surface area contributed by atoms with E-state index in [-0.39, 0.29) is 23.6 Å². The highest BCUT2D eigenvalue weighted by Gasteiger charge is 2.28. The summed E-state index contributed by atoms with van der Waals surface area (Å²) in [6.45, 7) is 2.53. The average molecular weight is 420 g/mol. The minimum absolute atomic E-state index is 0.0494. The molecule has 2 fully saturated rings. The summed E-state index contributed by atoms with van der Waals surface area (Å²) in [6, 6.07) is 17.4. The van der Waals surface area contributed by atoms with Crippen molar-refractivity contribution in [2.24, 2.45) is 5.92 Å². The fraction of sp³-hybridized carbons (Fsp3) is 0.400. The van der Waals surface area contributed by atoms with Crippen LogP contribution in [0.5, 0.6) is 0 Å². The van der Waals surface area contributed by atoms with Crippen LogP contribution in [-0.2, 0) is 27.3 Å². The van der Waals surface area contributed by atoms with Crippen molar-refractivity contribution >= 4 is 23.4 Å². The second kappa shape index (κ2) is 9.77. The number of nitrogens with zero attached hydrogens (tertiary/aromatic N) is 2. The van der Waals surface area contributed by atoms with Gasteiger partial charge in [-0.25, -0.2) is 0 Å². The highest BCUT2D eigenvalue weighted by Crippen LogP contribution is 2.21. The van der Waals surface area contributed by atoms with Crippen LogP contribution in [0.1, 0.15) is 36.8 Å². The molecule has 6 heteroatoms. The summed E-state index contributed by atoms with van der Waals surface area (Å²) >= 11 is 0. The van der Waals surface area contributed by atoms with Crippen molar-refractivity contribution in [3.8, 4) is 0 Å². The van der Waals surface area contributed by atoms with Gasteiger partial charge in [-0.15, -0.1) is 0 Å². The van der Waals surface area contributed by atoms with Crippen molar-refractivity contribution in [1.82, 2.24) is 9.80 Å². The van der Waals surface area contributed by atoms with Crippen LogP contribution >= 0.6 is 0 Å². The van der Waals surface area contributed by atoms with E-state index in [1.54, 1.807) is 0 Å². The first kappa shape index (κ1) is 21.1. The summed E-state index contributed by atoms with van der Waals surface area (Å²) in [7, 11) is 0. The molecule has 0 bridgehead atoms. The van der Waals surface area contributed by atoms with Gasteiger partial charge >= 0.3 is 0 Å². The van der Waals surface area contributed by atoms with Crippen molar-refractivity contribution < 1.29 is 14.4 Å². The minimum atomic E-state index is -0.211. The van der Waals surface area contributed by atoms with Crippen LogP contribution in [0, 0.1) is 5.92 Å². The quantitative estimate of drug-likeness (QED) is 0.782. The van der Waals surface area contributed by atoms with Gasteiger partial charge in [-0.2, -0.15) is 0 Å². The zero-order valence-electron chi connectivity index (χ0n) is 17.8. The van der Waals surface area contributed by atoms with Gasteiger partial charge < -0.3 is 15.1 Å². The molecule has 2 heterocycles. The fourth-order valence-electron chi connectivity index (χ4n) is 4.38. The fourth-order valence-corrected chi connectivity index (χ4v) is 4.38. The Balaban J connectivity index is 1.33. The van der Waals surface area contributed by atoms with Crippen LogP contribution in [0.2, 0.25) is 0 Å². The van der Waals surface area contributed by atoms with Crippen LogP contribution < -0.4 is 5.32 Å². The largest absolute Gasteiger partial charge is 0.342 e. The summed E-state index contributed by atoms with van der Waals surface area (Å²) < 4.78 is 0. The molecule has 0 saturated carbocycles. The van der Waals surface area contributed by atoms with Gasteiger partial charge in [0.25, 0.3) is 0 Å². The third-order valence-corrected chi connectivity index (χ3v) is 6.08. The Kier molecular flexibility index (Phi) is 6.65. The Bertz CT molecular complexity index is 944. The maximum absolute atomic E-state index is 12.9. The molecular formula is C25H29N3O3. The zero-order valence-corrected chi connectivity index (χ0v) is 17.8. The molecule has 3 amide bonds. The van der Waals surface area contributed by atoms with Crippen LogP contribution in [0.4, 0.5) is 5.69 Å². The van der Waals surface area contributed by atoms with Gasteiger partial charge in [-0.3, -0.25) is 14.4 Å². The lowest BCUT2D eigenvalue weighted by Crippen LogP contribution is -2.44. The Morgan fingerprint density at radius 3 is 2.55 bits per heavy atom. The summed E-state index contributed by atoms with van der Waals surface area (Å²) in [5.41, 5.74) is 2.74. The molecule has 162 valence electrons. The standard InChI is InChI=1S/C25H29N3O3/c29-23-12-6-14-27(23)17-20-9-4-11-22(15-20)26-25(31)21-10-5-13-28(18-21)24(30)16-19-7-2-1-3-8-19/h1-4,7-9,11,15,21H,5-6,10,12-14,16-18H2,(H,26,31). The number of nitrogens with one attached hydrogen (secondary N) is 1. The second-order valence-electron chi connectivity index (χ2n) is 8.45. The third kappa shape index (κ3) is 5.51. The molecule has 1 N–H and O–H groups in total. The Morgan fingerprint density at radius 2 is 1.77 bits per heavy atom. The number of carbonyl (C=O) groups is 3. The van der Waals surface area contributed by atoms with Crippen molar-refractivity contribution in [3.05, 3.63) is 65.7 Å². The normalized spacial score (nSPS) is 18.8. The molecule has 2 aliphatic heterocycles. The molecular weight excluding hydrogens is 390 g/mol. The maximum Gasteiger partial charge on any atom is 0.229 e. The van der Waals surface area contributed by atoms with Gasteiger partial charge in [0.1, 0.15) is 0 Å². The second-order valence-corrected chi connectivity index (χ2v) is 8.45. The number of likely N-dealkylation sites (tertiary alicyclic amines) is 2. The van der Waals surface area contributed by atoms with Gasteiger partial charge in [0.15, 0.2) is 0 Å². The van der Waals surface area contributed by atoms with E-state index in [4.69, 9.17) is 0 Å². The Labute approximate surface area is 183 Å². The van der Waals surface area contributed by atoms with Crippen LogP contribution in [-0.4, -0.2) is 47.2 Å². The number of piperidine rings is 1. The number of hydrogen-bond donors (Lipinski definition) is 1. The smallest absolute Gasteiger partial charge is 0.229 e. The maximum atomic E-state index is 12.9. The Morgan fingerprint density at radius 1 is 0.968 bits per heavy atom.